The van der Waals surface area contributed by atoms with Gasteiger partial charge in [-0.05, 0) is 22.6 Å². The molecule has 142 valence electrons. The van der Waals surface area contributed by atoms with Gasteiger partial charge in [0.1, 0.15) is 6.54 Å². The van der Waals surface area contributed by atoms with E-state index in [1.54, 1.807) is 0 Å². The molecular formula is C13H14N8O6. The summed E-state index contributed by atoms with van der Waals surface area (Å²) in [5.41, 5.74) is 7.11. The van der Waals surface area contributed by atoms with Crippen LogP contribution in [0, 0.1) is 10.1 Å². The molecule has 0 bridgehead atoms. The van der Waals surface area contributed by atoms with E-state index in [2.05, 4.69) is 26.1 Å². The third-order valence-corrected chi connectivity index (χ3v) is 3.01. The van der Waals surface area contributed by atoms with Gasteiger partial charge < -0.3 is 15.2 Å². The number of carbonyl (C=O) groups excluding carboxylic acids is 2. The molecule has 0 atom stereocenters. The average molecular weight is 378 g/mol. The zero-order valence-corrected chi connectivity index (χ0v) is 14.1. The summed E-state index contributed by atoms with van der Waals surface area (Å²) in [6, 6.07) is 2.59. The molecule has 1 amide bonds. The summed E-state index contributed by atoms with van der Waals surface area (Å²) < 4.78 is 10.9. The number of carbonyl (C=O) groups is 2. The maximum atomic E-state index is 11.8. The molecule has 0 radical (unpaired) electrons. The second-order valence-electron chi connectivity index (χ2n) is 4.87. The molecule has 0 saturated heterocycles. The molecular weight excluding hydrogens is 364 g/mol. The van der Waals surface area contributed by atoms with E-state index in [0.717, 1.165) is 17.8 Å². The van der Waals surface area contributed by atoms with E-state index in [-0.39, 0.29) is 29.6 Å². The van der Waals surface area contributed by atoms with Crippen molar-refractivity contribution in [2.75, 3.05) is 12.8 Å². The fourth-order valence-corrected chi connectivity index (χ4v) is 1.96. The fraction of sp³-hybridized carbons (Fsp3) is 0.231. The molecule has 0 aliphatic rings. The van der Waals surface area contributed by atoms with Crippen molar-refractivity contribution in [3.63, 3.8) is 0 Å². The highest BCUT2D eigenvalue weighted by molar-refractivity contribution is 5.89. The highest BCUT2D eigenvalue weighted by atomic mass is 16.6. The molecule has 1 heterocycles. The summed E-state index contributed by atoms with van der Waals surface area (Å²) in [6.07, 6.45) is 1.04. The normalized spacial score (nSPS) is 10.6. The van der Waals surface area contributed by atoms with Crippen LogP contribution in [0.25, 0.3) is 0 Å². The van der Waals surface area contributed by atoms with Crippen LogP contribution >= 0.6 is 0 Å². The minimum atomic E-state index is -0.725. The number of tetrazole rings is 1. The van der Waals surface area contributed by atoms with Crippen molar-refractivity contribution >= 4 is 29.7 Å². The summed E-state index contributed by atoms with van der Waals surface area (Å²) >= 11 is 0. The number of nitrogen functional groups attached to an aromatic ring is 1. The summed E-state index contributed by atoms with van der Waals surface area (Å²) in [4.78, 5) is 33.5. The summed E-state index contributed by atoms with van der Waals surface area (Å²) in [5, 5.41) is 25.2. The number of methoxy groups -OCH3 is 1. The van der Waals surface area contributed by atoms with Crippen molar-refractivity contribution in [2.24, 2.45) is 5.10 Å². The Morgan fingerprint density at radius 2 is 2.22 bits per heavy atom. The first kappa shape index (κ1) is 19.2. The fourth-order valence-electron chi connectivity index (χ4n) is 1.96. The summed E-state index contributed by atoms with van der Waals surface area (Å²) in [6.45, 7) is 0.848. The van der Waals surface area contributed by atoms with Crippen LogP contribution in [0.5, 0.6) is 11.5 Å². The van der Waals surface area contributed by atoms with E-state index in [0.29, 0.717) is 0 Å². The van der Waals surface area contributed by atoms with Crippen molar-refractivity contribution in [3.05, 3.63) is 27.8 Å². The van der Waals surface area contributed by atoms with Crippen LogP contribution in [0.1, 0.15) is 12.5 Å². The SMILES string of the molecule is COc1c(OC(C)=O)ccc(/C=N\NC(=O)Cn2nnnc2N)c1[N+](=O)[O-]. The zero-order valence-electron chi connectivity index (χ0n) is 14.1. The maximum Gasteiger partial charge on any atom is 0.323 e. The predicted octanol–water partition coefficient (Wildman–Crippen LogP) is -0.752. The Balaban J connectivity index is 2.20. The second kappa shape index (κ2) is 8.32. The van der Waals surface area contributed by atoms with E-state index in [1.807, 2.05) is 0 Å². The Hall–Kier alpha value is -4.10. The van der Waals surface area contributed by atoms with Gasteiger partial charge in [-0.1, -0.05) is 5.10 Å². The van der Waals surface area contributed by atoms with Crippen LogP contribution < -0.4 is 20.6 Å². The number of nitrogens with one attached hydrogen (secondary N) is 1. The number of hydrogen-bond donors (Lipinski definition) is 2. The van der Waals surface area contributed by atoms with E-state index in [4.69, 9.17) is 15.2 Å². The topological polar surface area (TPSA) is 190 Å². The molecule has 0 fully saturated rings. The Morgan fingerprint density at radius 1 is 1.48 bits per heavy atom. The molecule has 0 saturated carbocycles. The third-order valence-electron chi connectivity index (χ3n) is 3.01. The number of ether oxygens (including phenoxy) is 2. The quantitative estimate of drug-likeness (QED) is 0.204. The molecule has 0 unspecified atom stereocenters. The Labute approximate surface area is 151 Å². The van der Waals surface area contributed by atoms with Crippen LogP contribution in [0.15, 0.2) is 17.2 Å². The monoisotopic (exact) mass is 378 g/mol. The summed E-state index contributed by atoms with van der Waals surface area (Å²) in [7, 11) is 1.19. The number of nitro benzene ring substituents is 1. The highest BCUT2D eigenvalue weighted by Gasteiger charge is 2.25. The van der Waals surface area contributed by atoms with Crippen LogP contribution in [-0.4, -0.2) is 50.3 Å². The Morgan fingerprint density at radius 3 is 2.78 bits per heavy atom. The third kappa shape index (κ3) is 4.71. The van der Waals surface area contributed by atoms with Crippen LogP contribution in [0.3, 0.4) is 0 Å². The number of nitrogens with two attached hydrogens (primary N) is 1. The van der Waals surface area contributed by atoms with Crippen molar-refractivity contribution in [1.82, 2.24) is 25.6 Å². The number of nitrogens with zero attached hydrogens (tertiary/aromatic N) is 6. The number of esters is 1. The van der Waals surface area contributed by atoms with Crippen LogP contribution in [-0.2, 0) is 16.1 Å². The predicted molar refractivity (Wildman–Crippen MR) is 88.9 cm³/mol. The average Bonchev–Trinajstić information content (AvgIpc) is 2.99. The first-order chi connectivity index (χ1) is 12.8. The molecule has 0 aliphatic carbocycles. The lowest BCUT2D eigenvalue weighted by Gasteiger charge is -2.09. The van der Waals surface area contributed by atoms with Gasteiger partial charge in [-0.25, -0.2) is 10.1 Å². The number of anilines is 1. The number of amides is 1. The molecule has 0 spiro atoms. The minimum absolute atomic E-state index is 0.00925. The van der Waals surface area contributed by atoms with Gasteiger partial charge in [0.2, 0.25) is 11.7 Å². The van der Waals surface area contributed by atoms with Crippen LogP contribution in [0.2, 0.25) is 0 Å². The number of benzene rings is 1. The molecule has 14 heteroatoms. The summed E-state index contributed by atoms with van der Waals surface area (Å²) in [5.74, 6) is -1.72. The maximum absolute atomic E-state index is 11.8. The molecule has 1 aromatic carbocycles. The molecule has 3 N–H and O–H groups in total. The standard InChI is InChI=1S/C13H14N8O6/c1-7(22)27-9-4-3-8(11(21(24)25)12(9)26-2)5-15-16-10(23)6-20-13(14)17-18-19-20/h3-5H,6H2,1-2H3,(H,16,23)(H2,14,17,19)/b15-5-. The molecule has 1 aromatic heterocycles. The van der Waals surface area contributed by atoms with Crippen molar-refractivity contribution in [1.29, 1.82) is 0 Å². The van der Waals surface area contributed by atoms with Gasteiger partial charge in [-0.2, -0.15) is 5.10 Å². The zero-order chi connectivity index (χ0) is 20.0. The lowest BCUT2D eigenvalue weighted by atomic mass is 10.1. The van der Waals surface area contributed by atoms with E-state index >= 15 is 0 Å². The number of nitro groups is 1. The smallest absolute Gasteiger partial charge is 0.323 e. The van der Waals surface area contributed by atoms with E-state index < -0.39 is 22.5 Å². The van der Waals surface area contributed by atoms with Crippen molar-refractivity contribution in [3.8, 4) is 11.5 Å². The van der Waals surface area contributed by atoms with Crippen LogP contribution in [0.4, 0.5) is 11.6 Å². The first-order valence-corrected chi connectivity index (χ1v) is 7.20. The lowest BCUT2D eigenvalue weighted by molar-refractivity contribution is -0.385. The molecule has 2 rings (SSSR count). The number of rotatable bonds is 7. The Bertz CT molecular complexity index is 908. The van der Waals surface area contributed by atoms with Gasteiger partial charge in [0.25, 0.3) is 5.91 Å². The van der Waals surface area contributed by atoms with Crippen molar-refractivity contribution in [2.45, 2.75) is 13.5 Å². The first-order valence-electron chi connectivity index (χ1n) is 7.20. The van der Waals surface area contributed by atoms with Gasteiger partial charge in [0.15, 0.2) is 5.75 Å². The number of hydrazone groups is 1. The highest BCUT2D eigenvalue weighted by Crippen LogP contribution is 2.39. The van der Waals surface area contributed by atoms with Gasteiger partial charge >= 0.3 is 11.7 Å². The van der Waals surface area contributed by atoms with E-state index in [9.17, 15) is 19.7 Å². The molecule has 0 aliphatic heterocycles. The van der Waals surface area contributed by atoms with Gasteiger partial charge in [0.05, 0.1) is 23.8 Å². The second-order valence-corrected chi connectivity index (χ2v) is 4.87. The molecule has 27 heavy (non-hydrogen) atoms. The molecule has 2 aromatic rings. The van der Waals surface area contributed by atoms with Crippen molar-refractivity contribution < 1.29 is 24.0 Å². The van der Waals surface area contributed by atoms with Gasteiger partial charge in [-0.15, -0.1) is 0 Å². The van der Waals surface area contributed by atoms with E-state index in [1.165, 1.54) is 19.2 Å². The Kier molecular flexibility index (Phi) is 5.93. The number of aromatic nitrogens is 4. The largest absolute Gasteiger partial charge is 0.488 e. The minimum Gasteiger partial charge on any atom is -0.488 e. The number of hydrogen-bond acceptors (Lipinski definition) is 11. The van der Waals surface area contributed by atoms with Gasteiger partial charge in [-0.3, -0.25) is 19.7 Å². The van der Waals surface area contributed by atoms with Gasteiger partial charge in [0, 0.05) is 6.92 Å². The molecule has 14 nitrogen and oxygen atoms in total. The lowest BCUT2D eigenvalue weighted by Crippen LogP contribution is -2.24.